The zero-order chi connectivity index (χ0) is 14.4. The van der Waals surface area contributed by atoms with Crippen molar-refractivity contribution in [2.75, 3.05) is 0 Å². The molecule has 0 amide bonds. The molecule has 2 aliphatic carbocycles. The third kappa shape index (κ3) is 1.95. The molecule has 0 saturated heterocycles. The molecule has 2 bridgehead atoms. The van der Waals surface area contributed by atoms with E-state index in [1.54, 1.807) is 0 Å². The van der Waals surface area contributed by atoms with Gasteiger partial charge in [0, 0.05) is 0 Å². The van der Waals surface area contributed by atoms with E-state index in [0.29, 0.717) is 6.54 Å². The third-order valence-corrected chi connectivity index (χ3v) is 5.78. The fourth-order valence-electron chi connectivity index (χ4n) is 4.96. The highest BCUT2D eigenvalue weighted by molar-refractivity contribution is 5.17. The van der Waals surface area contributed by atoms with Crippen molar-refractivity contribution in [2.45, 2.75) is 52.6 Å². The van der Waals surface area contributed by atoms with Crippen LogP contribution in [0, 0.1) is 21.7 Å². The maximum absolute atomic E-state index is 11.5. The van der Waals surface area contributed by atoms with Gasteiger partial charge in [0.2, 0.25) is 0 Å². The van der Waals surface area contributed by atoms with Gasteiger partial charge in [-0.25, -0.2) is 0 Å². The molecule has 0 N–H and O–H groups in total. The summed E-state index contributed by atoms with van der Waals surface area (Å²) in [7, 11) is 0. The van der Waals surface area contributed by atoms with Crippen LogP contribution in [0.2, 0.25) is 0 Å². The number of fused-ring (bicyclic) bond motifs is 2. The summed E-state index contributed by atoms with van der Waals surface area (Å²) in [6.07, 6.45) is 3.77. The van der Waals surface area contributed by atoms with Gasteiger partial charge < -0.3 is 0 Å². The molecular formula is C17H24N2O. The molecule has 0 unspecified atom stereocenters. The Labute approximate surface area is 121 Å². The number of benzene rings is 1. The van der Waals surface area contributed by atoms with E-state index in [9.17, 15) is 4.91 Å². The minimum atomic E-state index is 0.176. The van der Waals surface area contributed by atoms with E-state index in [0.717, 1.165) is 11.5 Å². The molecule has 3 atom stereocenters. The van der Waals surface area contributed by atoms with Crippen LogP contribution in [0.25, 0.3) is 0 Å². The van der Waals surface area contributed by atoms with Crippen molar-refractivity contribution in [2.24, 2.45) is 22.0 Å². The Morgan fingerprint density at radius 3 is 2.50 bits per heavy atom. The van der Waals surface area contributed by atoms with E-state index in [1.165, 1.54) is 19.3 Å². The van der Waals surface area contributed by atoms with Crippen molar-refractivity contribution in [1.82, 2.24) is 5.01 Å². The molecule has 20 heavy (non-hydrogen) atoms. The summed E-state index contributed by atoms with van der Waals surface area (Å²) in [4.78, 5) is 11.5. The van der Waals surface area contributed by atoms with Gasteiger partial charge >= 0.3 is 0 Å². The molecule has 0 aromatic heterocycles. The topological polar surface area (TPSA) is 32.7 Å². The fraction of sp³-hybridized carbons (Fsp3) is 0.647. The molecule has 2 saturated carbocycles. The lowest BCUT2D eigenvalue weighted by atomic mass is 9.68. The maximum Gasteiger partial charge on any atom is 0.0646 e. The number of nitroso groups, excluding NO2 is 1. The molecule has 0 heterocycles. The van der Waals surface area contributed by atoms with Crippen molar-refractivity contribution in [3.05, 3.63) is 40.8 Å². The summed E-state index contributed by atoms with van der Waals surface area (Å²) in [5.41, 5.74) is 1.58. The van der Waals surface area contributed by atoms with Gasteiger partial charge in [0.25, 0.3) is 0 Å². The summed E-state index contributed by atoms with van der Waals surface area (Å²) < 4.78 is 0. The van der Waals surface area contributed by atoms with Crippen LogP contribution in [-0.4, -0.2) is 11.1 Å². The van der Waals surface area contributed by atoms with Crippen molar-refractivity contribution < 1.29 is 0 Å². The maximum atomic E-state index is 11.5. The first-order valence-corrected chi connectivity index (χ1v) is 7.61. The smallest absolute Gasteiger partial charge is 0.0646 e. The molecule has 108 valence electrons. The van der Waals surface area contributed by atoms with Crippen LogP contribution in [0.3, 0.4) is 0 Å². The second-order valence-electron chi connectivity index (χ2n) is 7.48. The van der Waals surface area contributed by atoms with Crippen LogP contribution < -0.4 is 0 Å². The number of hydrogen-bond donors (Lipinski definition) is 0. The molecule has 3 nitrogen and oxygen atoms in total. The molecule has 3 rings (SSSR count). The van der Waals surface area contributed by atoms with Gasteiger partial charge in [0.05, 0.1) is 17.9 Å². The molecule has 1 aromatic carbocycles. The van der Waals surface area contributed by atoms with Crippen LogP contribution in [0.1, 0.15) is 45.6 Å². The van der Waals surface area contributed by atoms with Gasteiger partial charge in [0.1, 0.15) is 0 Å². The molecule has 2 aliphatic rings. The highest BCUT2D eigenvalue weighted by Crippen LogP contribution is 2.64. The molecular weight excluding hydrogens is 248 g/mol. The Kier molecular flexibility index (Phi) is 3.11. The quantitative estimate of drug-likeness (QED) is 0.601. The zero-order valence-electron chi connectivity index (χ0n) is 12.7. The van der Waals surface area contributed by atoms with E-state index in [4.69, 9.17) is 0 Å². The Morgan fingerprint density at radius 1 is 1.25 bits per heavy atom. The normalized spacial score (nSPS) is 34.1. The predicted octanol–water partition coefficient (Wildman–Crippen LogP) is 4.38. The second kappa shape index (κ2) is 4.57. The summed E-state index contributed by atoms with van der Waals surface area (Å²) in [6.45, 7) is 7.60. The van der Waals surface area contributed by atoms with Gasteiger partial charge in [-0.3, -0.25) is 5.01 Å². The van der Waals surface area contributed by atoms with E-state index in [2.05, 4.69) is 38.2 Å². The second-order valence-corrected chi connectivity index (χ2v) is 7.48. The van der Waals surface area contributed by atoms with Crippen molar-refractivity contribution in [1.29, 1.82) is 0 Å². The monoisotopic (exact) mass is 272 g/mol. The molecule has 2 fully saturated rings. The number of hydrogen-bond acceptors (Lipinski definition) is 2. The number of rotatable bonds is 4. The van der Waals surface area contributed by atoms with Gasteiger partial charge in [0.15, 0.2) is 0 Å². The van der Waals surface area contributed by atoms with Crippen LogP contribution in [0.15, 0.2) is 35.6 Å². The molecule has 0 spiro atoms. The van der Waals surface area contributed by atoms with Crippen LogP contribution in [-0.2, 0) is 6.54 Å². The summed E-state index contributed by atoms with van der Waals surface area (Å²) >= 11 is 0. The molecule has 0 aliphatic heterocycles. The Bertz CT molecular complexity index is 494. The third-order valence-electron chi connectivity index (χ3n) is 5.78. The average Bonchev–Trinajstić information content (AvgIpc) is 2.90. The average molecular weight is 272 g/mol. The molecule has 3 heteroatoms. The van der Waals surface area contributed by atoms with E-state index in [1.807, 2.05) is 23.2 Å². The first-order chi connectivity index (χ1) is 9.47. The zero-order valence-corrected chi connectivity index (χ0v) is 12.7. The van der Waals surface area contributed by atoms with Gasteiger partial charge in [-0.05, 0) is 41.6 Å². The van der Waals surface area contributed by atoms with Crippen LogP contribution in [0.4, 0.5) is 0 Å². The Hall–Kier alpha value is -1.38. The standard InChI is InChI=1S/C17H24N2O/c1-16(2)14-9-10-17(3,11-14)15(16)19(18-20)12-13-7-5-4-6-8-13/h4-8,14-15H,9-12H2,1-3H3/t14-,15-,17+/m0/s1. The molecule has 1 aromatic rings. The summed E-state index contributed by atoms with van der Waals surface area (Å²) in [5, 5.41) is 5.22. The largest absolute Gasteiger partial charge is 0.252 e. The van der Waals surface area contributed by atoms with E-state index < -0.39 is 0 Å². The number of nitrogens with zero attached hydrogens (tertiary/aromatic N) is 2. The van der Waals surface area contributed by atoms with Crippen molar-refractivity contribution in [3.8, 4) is 0 Å². The van der Waals surface area contributed by atoms with Gasteiger partial charge in [-0.2, -0.15) is 0 Å². The first-order valence-electron chi connectivity index (χ1n) is 7.61. The van der Waals surface area contributed by atoms with Gasteiger partial charge in [-0.1, -0.05) is 51.1 Å². The summed E-state index contributed by atoms with van der Waals surface area (Å²) in [6, 6.07) is 10.4. The Morgan fingerprint density at radius 2 is 1.95 bits per heavy atom. The highest BCUT2D eigenvalue weighted by atomic mass is 16.3. The van der Waals surface area contributed by atoms with Gasteiger partial charge in [-0.15, -0.1) is 4.91 Å². The predicted molar refractivity (Wildman–Crippen MR) is 80.8 cm³/mol. The SMILES string of the molecule is CC1(C)[C@H]2CC[C@](C)(C2)[C@H]1N(Cc1ccccc1)N=O. The fourth-order valence-corrected chi connectivity index (χ4v) is 4.96. The van der Waals surface area contributed by atoms with Crippen LogP contribution >= 0.6 is 0 Å². The minimum absolute atomic E-state index is 0.176. The van der Waals surface area contributed by atoms with E-state index in [-0.39, 0.29) is 16.9 Å². The summed E-state index contributed by atoms with van der Waals surface area (Å²) in [5.74, 6) is 0.734. The lowest BCUT2D eigenvalue weighted by Gasteiger charge is -2.46. The van der Waals surface area contributed by atoms with E-state index >= 15 is 0 Å². The highest BCUT2D eigenvalue weighted by Gasteiger charge is 2.61. The van der Waals surface area contributed by atoms with Crippen molar-refractivity contribution in [3.63, 3.8) is 0 Å². The Balaban J connectivity index is 1.87. The lowest BCUT2D eigenvalue weighted by Crippen LogP contribution is -2.50. The lowest BCUT2D eigenvalue weighted by molar-refractivity contribution is -0.00147. The van der Waals surface area contributed by atoms with Crippen molar-refractivity contribution >= 4 is 0 Å². The first kappa shape index (κ1) is 13.6. The molecule has 0 radical (unpaired) electrons. The van der Waals surface area contributed by atoms with Crippen LogP contribution in [0.5, 0.6) is 0 Å². The minimum Gasteiger partial charge on any atom is -0.252 e.